The number of thiazole rings is 1. The van der Waals surface area contributed by atoms with Crippen LogP contribution in [0.15, 0.2) is 12.1 Å². The Hall–Kier alpha value is -2.89. The van der Waals surface area contributed by atoms with E-state index in [0.717, 1.165) is 21.7 Å². The number of urea groups is 1. The van der Waals surface area contributed by atoms with Gasteiger partial charge in [0.2, 0.25) is 0 Å². The summed E-state index contributed by atoms with van der Waals surface area (Å²) in [6.45, 7) is 7.81. The number of benzene rings is 1. The fourth-order valence-electron chi connectivity index (χ4n) is 3.97. The summed E-state index contributed by atoms with van der Waals surface area (Å²) in [6, 6.07) is 3.80. The van der Waals surface area contributed by atoms with E-state index in [1.807, 2.05) is 24.0 Å². The Balaban J connectivity index is 1.78. The molecule has 0 saturated heterocycles. The zero-order valence-electron chi connectivity index (χ0n) is 19.0. The van der Waals surface area contributed by atoms with Gasteiger partial charge in [-0.1, -0.05) is 23.2 Å². The van der Waals surface area contributed by atoms with E-state index in [1.165, 1.54) is 24.2 Å². The van der Waals surface area contributed by atoms with Crippen molar-refractivity contribution in [3.05, 3.63) is 34.5 Å². The lowest BCUT2D eigenvalue weighted by atomic mass is 9.97. The second kappa shape index (κ2) is 8.23. The first kappa shape index (κ1) is 22.3. The Kier molecular flexibility index (Phi) is 5.74. The van der Waals surface area contributed by atoms with Gasteiger partial charge in [-0.3, -0.25) is 10.1 Å². The highest BCUT2D eigenvalue weighted by Crippen LogP contribution is 2.41. The fourth-order valence-corrected chi connectivity index (χ4v) is 4.92. The minimum Gasteiger partial charge on any atom is -0.378 e. The highest BCUT2D eigenvalue weighted by Gasteiger charge is 2.39. The SMILES string of the molecule is CNC(=O)Nc1nc(C)c(-c2cc(C#CC(C)(C)O)c3c(c2)CN([C@@H](C)C2CC2)C3=O)s1. The van der Waals surface area contributed by atoms with Crippen LogP contribution in [0.5, 0.6) is 0 Å². The summed E-state index contributed by atoms with van der Waals surface area (Å²) in [5, 5.41) is 15.9. The van der Waals surface area contributed by atoms with Crippen molar-refractivity contribution in [1.29, 1.82) is 0 Å². The van der Waals surface area contributed by atoms with E-state index in [-0.39, 0.29) is 18.0 Å². The van der Waals surface area contributed by atoms with Gasteiger partial charge in [0, 0.05) is 25.2 Å². The molecule has 2 heterocycles. The van der Waals surface area contributed by atoms with Crippen molar-refractivity contribution in [3.8, 4) is 22.3 Å². The molecule has 7 nitrogen and oxygen atoms in total. The van der Waals surface area contributed by atoms with Gasteiger partial charge in [0.1, 0.15) is 5.60 Å². The predicted octanol–water partition coefficient (Wildman–Crippen LogP) is 3.75. The molecule has 1 aromatic carbocycles. The predicted molar refractivity (Wildman–Crippen MR) is 126 cm³/mol. The van der Waals surface area contributed by atoms with Crippen molar-refractivity contribution in [2.75, 3.05) is 12.4 Å². The molecule has 2 aliphatic rings. The first-order valence-electron chi connectivity index (χ1n) is 10.8. The van der Waals surface area contributed by atoms with Gasteiger partial charge in [-0.15, -0.1) is 0 Å². The maximum atomic E-state index is 13.3. The summed E-state index contributed by atoms with van der Waals surface area (Å²) < 4.78 is 0. The zero-order chi connectivity index (χ0) is 23.2. The number of aryl methyl sites for hydroxylation is 1. The Labute approximate surface area is 192 Å². The van der Waals surface area contributed by atoms with Gasteiger partial charge in [-0.05, 0) is 69.7 Å². The van der Waals surface area contributed by atoms with Crippen molar-refractivity contribution in [2.24, 2.45) is 5.92 Å². The Morgan fingerprint density at radius 1 is 1.38 bits per heavy atom. The van der Waals surface area contributed by atoms with Crippen LogP contribution in [0, 0.1) is 24.7 Å². The molecule has 3 amide bonds. The average Bonchev–Trinajstić information content (AvgIpc) is 3.44. The maximum absolute atomic E-state index is 13.3. The van der Waals surface area contributed by atoms with Crippen molar-refractivity contribution >= 4 is 28.4 Å². The highest BCUT2D eigenvalue weighted by atomic mass is 32.1. The zero-order valence-corrected chi connectivity index (χ0v) is 19.8. The number of amides is 3. The van der Waals surface area contributed by atoms with Crippen molar-refractivity contribution in [3.63, 3.8) is 0 Å². The number of carbonyl (C=O) groups is 2. The van der Waals surface area contributed by atoms with Gasteiger partial charge in [-0.25, -0.2) is 9.78 Å². The second-order valence-electron chi connectivity index (χ2n) is 9.02. The number of hydrogen-bond donors (Lipinski definition) is 3. The van der Waals surface area contributed by atoms with E-state index in [2.05, 4.69) is 34.4 Å². The van der Waals surface area contributed by atoms with Gasteiger partial charge in [0.25, 0.3) is 5.91 Å². The van der Waals surface area contributed by atoms with Gasteiger partial charge in [0.05, 0.1) is 16.1 Å². The normalized spacial score (nSPS) is 16.3. The molecule has 32 heavy (non-hydrogen) atoms. The molecule has 8 heteroatoms. The fraction of sp³-hybridized carbons (Fsp3) is 0.458. The molecule has 1 fully saturated rings. The number of carbonyl (C=O) groups excluding carboxylic acids is 2. The van der Waals surface area contributed by atoms with E-state index < -0.39 is 5.60 Å². The highest BCUT2D eigenvalue weighted by molar-refractivity contribution is 7.19. The smallest absolute Gasteiger partial charge is 0.320 e. The summed E-state index contributed by atoms with van der Waals surface area (Å²) in [5.74, 6) is 6.49. The van der Waals surface area contributed by atoms with Crippen LogP contribution in [-0.4, -0.2) is 45.6 Å². The number of aromatic nitrogens is 1. The number of aliphatic hydroxyl groups is 1. The lowest BCUT2D eigenvalue weighted by molar-refractivity contribution is 0.0697. The Morgan fingerprint density at radius 2 is 2.09 bits per heavy atom. The van der Waals surface area contributed by atoms with Crippen LogP contribution in [0.3, 0.4) is 0 Å². The Morgan fingerprint density at radius 3 is 2.72 bits per heavy atom. The molecular formula is C24H28N4O3S. The third-order valence-electron chi connectivity index (χ3n) is 5.84. The molecule has 0 bridgehead atoms. The van der Waals surface area contributed by atoms with Crippen LogP contribution < -0.4 is 10.6 Å². The van der Waals surface area contributed by atoms with E-state index in [1.54, 1.807) is 20.9 Å². The van der Waals surface area contributed by atoms with E-state index in [0.29, 0.717) is 28.7 Å². The molecular weight excluding hydrogens is 424 g/mol. The molecule has 0 spiro atoms. The molecule has 168 valence electrons. The molecule has 1 aromatic heterocycles. The number of nitrogens with zero attached hydrogens (tertiary/aromatic N) is 2. The van der Waals surface area contributed by atoms with Crippen LogP contribution >= 0.6 is 11.3 Å². The summed E-state index contributed by atoms with van der Waals surface area (Å²) in [6.07, 6.45) is 2.33. The third kappa shape index (κ3) is 4.50. The number of anilines is 1. The molecule has 1 atom stereocenters. The van der Waals surface area contributed by atoms with E-state index >= 15 is 0 Å². The molecule has 4 rings (SSSR count). The summed E-state index contributed by atoms with van der Waals surface area (Å²) in [5.41, 5.74) is 2.70. The molecule has 1 saturated carbocycles. The van der Waals surface area contributed by atoms with Crippen LogP contribution in [-0.2, 0) is 6.54 Å². The summed E-state index contributed by atoms with van der Waals surface area (Å²) in [7, 11) is 1.55. The summed E-state index contributed by atoms with van der Waals surface area (Å²) >= 11 is 1.38. The number of nitrogens with one attached hydrogen (secondary N) is 2. The van der Waals surface area contributed by atoms with Crippen molar-refractivity contribution in [2.45, 2.75) is 58.7 Å². The Bertz CT molecular complexity index is 1150. The van der Waals surface area contributed by atoms with Crippen molar-refractivity contribution < 1.29 is 14.7 Å². The second-order valence-corrected chi connectivity index (χ2v) is 10.0. The third-order valence-corrected chi connectivity index (χ3v) is 6.96. The average molecular weight is 453 g/mol. The van der Waals surface area contributed by atoms with Gasteiger partial charge < -0.3 is 15.3 Å². The quantitative estimate of drug-likeness (QED) is 0.616. The molecule has 3 N–H and O–H groups in total. The van der Waals surface area contributed by atoms with Gasteiger partial charge in [0.15, 0.2) is 5.13 Å². The summed E-state index contributed by atoms with van der Waals surface area (Å²) in [4.78, 5) is 32.3. The number of hydrogen-bond acceptors (Lipinski definition) is 5. The van der Waals surface area contributed by atoms with Crippen LogP contribution in [0.2, 0.25) is 0 Å². The largest absolute Gasteiger partial charge is 0.378 e. The monoisotopic (exact) mass is 452 g/mol. The van der Waals surface area contributed by atoms with Crippen LogP contribution in [0.1, 0.15) is 60.8 Å². The van der Waals surface area contributed by atoms with Gasteiger partial charge >= 0.3 is 6.03 Å². The minimum absolute atomic E-state index is 0.00833. The van der Waals surface area contributed by atoms with Crippen LogP contribution in [0.4, 0.5) is 9.93 Å². The topological polar surface area (TPSA) is 94.6 Å². The lowest BCUT2D eigenvalue weighted by Crippen LogP contribution is -2.34. The number of rotatable bonds is 4. The first-order valence-corrected chi connectivity index (χ1v) is 11.6. The minimum atomic E-state index is -1.17. The first-order chi connectivity index (χ1) is 15.1. The molecule has 0 radical (unpaired) electrons. The van der Waals surface area contributed by atoms with Crippen molar-refractivity contribution in [1.82, 2.24) is 15.2 Å². The van der Waals surface area contributed by atoms with E-state index in [9.17, 15) is 14.7 Å². The molecule has 0 unspecified atom stereocenters. The van der Waals surface area contributed by atoms with Crippen LogP contribution in [0.25, 0.3) is 10.4 Å². The van der Waals surface area contributed by atoms with E-state index in [4.69, 9.17) is 0 Å². The maximum Gasteiger partial charge on any atom is 0.320 e. The standard InChI is InChI=1S/C24H28N4O3S/c1-13-20(32-23(26-13)27-22(30)25-5)17-10-16(8-9-24(3,4)31)19-18(11-17)12-28(21(19)29)14(2)15-6-7-15/h10-11,14-15,31H,6-7,12H2,1-5H3,(H2,25,26,27,30)/t14-/m0/s1. The molecule has 1 aliphatic carbocycles. The molecule has 1 aliphatic heterocycles. The molecule has 2 aromatic rings. The van der Waals surface area contributed by atoms with Gasteiger partial charge in [-0.2, -0.15) is 0 Å². The lowest BCUT2D eigenvalue weighted by Gasteiger charge is -2.24. The number of fused-ring (bicyclic) bond motifs is 1.